The van der Waals surface area contributed by atoms with Gasteiger partial charge in [-0.2, -0.15) is 0 Å². The molecule has 0 radical (unpaired) electrons. The minimum atomic E-state index is -3.90. The van der Waals surface area contributed by atoms with Crippen LogP contribution in [0.1, 0.15) is 52.6 Å². The molecule has 2 amide bonds. The molecule has 9 nitrogen and oxygen atoms in total. The van der Waals surface area contributed by atoms with Crippen molar-refractivity contribution in [3.8, 4) is 0 Å². The number of amides is 2. The van der Waals surface area contributed by atoms with Gasteiger partial charge in [0, 0.05) is 6.20 Å². The van der Waals surface area contributed by atoms with Crippen LogP contribution in [0, 0.1) is 0 Å². The number of unbranched alkanes of at least 4 members (excludes halogenated alkanes) is 2. The molecule has 0 saturated heterocycles. The van der Waals surface area contributed by atoms with Crippen molar-refractivity contribution in [1.82, 2.24) is 15.0 Å². The fraction of sp³-hybridized carbons (Fsp3) is 0.333. The Bertz CT molecular complexity index is 992. The van der Waals surface area contributed by atoms with Gasteiger partial charge in [0.2, 0.25) is 10.0 Å². The Balaban J connectivity index is 1.85. The molecule has 0 aliphatic carbocycles. The Morgan fingerprint density at radius 2 is 1.74 bits per heavy atom. The number of sulfonamides is 1. The average molecular weight is 448 g/mol. The number of esters is 1. The molecule has 2 N–H and O–H groups in total. The third-order valence-electron chi connectivity index (χ3n) is 4.11. The highest BCUT2D eigenvalue weighted by Crippen LogP contribution is 2.06. The van der Waals surface area contributed by atoms with E-state index in [0.717, 1.165) is 25.5 Å². The van der Waals surface area contributed by atoms with Crippen LogP contribution >= 0.6 is 0 Å². The topological polar surface area (TPSA) is 132 Å². The highest BCUT2D eigenvalue weighted by molar-refractivity contribution is 7.89. The van der Waals surface area contributed by atoms with Gasteiger partial charge in [0.15, 0.2) is 0 Å². The number of aromatic nitrogens is 1. The molecule has 0 spiro atoms. The van der Waals surface area contributed by atoms with E-state index in [1.54, 1.807) is 30.3 Å². The first-order chi connectivity index (χ1) is 14.8. The van der Waals surface area contributed by atoms with E-state index < -0.39 is 27.8 Å². The second-order valence-corrected chi connectivity index (χ2v) is 8.44. The molecule has 2 rings (SSSR count). The third-order valence-corrected chi connectivity index (χ3v) is 5.32. The molecular weight excluding hydrogens is 422 g/mol. The van der Waals surface area contributed by atoms with Crippen LogP contribution in [0.4, 0.5) is 0 Å². The summed E-state index contributed by atoms with van der Waals surface area (Å²) in [5.74, 6) is -2.37. The van der Waals surface area contributed by atoms with Gasteiger partial charge in [-0.3, -0.25) is 19.4 Å². The predicted octanol–water partition coefficient (Wildman–Crippen LogP) is 1.80. The summed E-state index contributed by atoms with van der Waals surface area (Å²) in [5, 5.41) is 2.38. The molecule has 166 valence electrons. The lowest BCUT2D eigenvalue weighted by atomic mass is 10.2. The number of hydrogen-bond donors (Lipinski definition) is 2. The van der Waals surface area contributed by atoms with Crippen LogP contribution in [-0.2, 0) is 25.3 Å². The standard InChI is InChI=1S/C21H25N3O6S/c1-2-3-7-12-30-19(25)14-23-21(27)18-11-10-17(13-22-18)20(26)24-31(28,29)15-16-8-5-4-6-9-16/h4-6,8-11,13H,2-3,7,12,14-15H2,1H3,(H,23,27)(H,24,26). The van der Waals surface area contributed by atoms with Crippen LogP contribution in [0.15, 0.2) is 48.7 Å². The Hall–Kier alpha value is -3.27. The molecule has 0 fully saturated rings. The van der Waals surface area contributed by atoms with Gasteiger partial charge in [-0.25, -0.2) is 13.1 Å². The lowest BCUT2D eigenvalue weighted by Gasteiger charge is -2.08. The minimum Gasteiger partial charge on any atom is -0.464 e. The van der Waals surface area contributed by atoms with Crippen LogP contribution in [0.3, 0.4) is 0 Å². The smallest absolute Gasteiger partial charge is 0.325 e. The van der Waals surface area contributed by atoms with Crippen molar-refractivity contribution in [2.45, 2.75) is 31.9 Å². The molecule has 2 aromatic rings. The predicted molar refractivity (Wildman–Crippen MR) is 114 cm³/mol. The molecule has 1 aromatic carbocycles. The average Bonchev–Trinajstić information content (AvgIpc) is 2.75. The van der Waals surface area contributed by atoms with E-state index in [1.807, 2.05) is 11.6 Å². The van der Waals surface area contributed by atoms with E-state index in [9.17, 15) is 22.8 Å². The van der Waals surface area contributed by atoms with E-state index >= 15 is 0 Å². The number of nitrogens with one attached hydrogen (secondary N) is 2. The summed E-state index contributed by atoms with van der Waals surface area (Å²) in [6, 6.07) is 11.0. The molecule has 0 saturated carbocycles. The van der Waals surface area contributed by atoms with Crippen LogP contribution < -0.4 is 10.0 Å². The van der Waals surface area contributed by atoms with Crippen LogP contribution in [0.2, 0.25) is 0 Å². The number of benzene rings is 1. The van der Waals surface area contributed by atoms with E-state index in [-0.39, 0.29) is 23.6 Å². The minimum absolute atomic E-state index is 0.0245. The summed E-state index contributed by atoms with van der Waals surface area (Å²) in [7, 11) is -3.90. The van der Waals surface area contributed by atoms with Gasteiger partial charge in [0.25, 0.3) is 11.8 Å². The first-order valence-corrected chi connectivity index (χ1v) is 11.4. The zero-order chi connectivity index (χ0) is 22.7. The zero-order valence-corrected chi connectivity index (χ0v) is 18.0. The van der Waals surface area contributed by atoms with Gasteiger partial charge >= 0.3 is 5.97 Å². The number of hydrogen-bond acceptors (Lipinski definition) is 7. The molecule has 0 aliphatic rings. The number of ether oxygens (including phenoxy) is 1. The molecule has 1 heterocycles. The molecule has 0 atom stereocenters. The SMILES string of the molecule is CCCCCOC(=O)CNC(=O)c1ccc(C(=O)NS(=O)(=O)Cc2ccccc2)cn1. The number of carbonyl (C=O) groups excluding carboxylic acids is 3. The molecular formula is C21H25N3O6S. The van der Waals surface area contributed by atoms with Gasteiger partial charge in [0.1, 0.15) is 12.2 Å². The fourth-order valence-electron chi connectivity index (χ4n) is 2.52. The second-order valence-electron chi connectivity index (χ2n) is 6.72. The zero-order valence-electron chi connectivity index (χ0n) is 17.2. The fourth-order valence-corrected chi connectivity index (χ4v) is 3.63. The number of carbonyl (C=O) groups is 3. The van der Waals surface area contributed by atoms with Gasteiger partial charge in [-0.05, 0) is 24.1 Å². The molecule has 0 bridgehead atoms. The maximum atomic E-state index is 12.2. The molecule has 1 aromatic heterocycles. The largest absolute Gasteiger partial charge is 0.464 e. The molecule has 0 unspecified atom stereocenters. The third kappa shape index (κ3) is 8.55. The van der Waals surface area contributed by atoms with Gasteiger partial charge < -0.3 is 10.1 Å². The van der Waals surface area contributed by atoms with E-state index in [4.69, 9.17) is 4.74 Å². The Labute approximate surface area is 181 Å². The monoisotopic (exact) mass is 447 g/mol. The van der Waals surface area contributed by atoms with Crippen molar-refractivity contribution < 1.29 is 27.5 Å². The van der Waals surface area contributed by atoms with Crippen LogP contribution in [0.5, 0.6) is 0 Å². The highest BCUT2D eigenvalue weighted by Gasteiger charge is 2.18. The summed E-state index contributed by atoms with van der Waals surface area (Å²) in [6.45, 7) is 2.04. The van der Waals surface area contributed by atoms with Crippen molar-refractivity contribution in [1.29, 1.82) is 0 Å². The Morgan fingerprint density at radius 3 is 2.39 bits per heavy atom. The lowest BCUT2D eigenvalue weighted by molar-refractivity contribution is -0.142. The maximum Gasteiger partial charge on any atom is 0.325 e. The summed E-state index contributed by atoms with van der Waals surface area (Å²) in [5.41, 5.74) is 0.489. The van der Waals surface area contributed by atoms with Crippen LogP contribution in [0.25, 0.3) is 0 Å². The summed E-state index contributed by atoms with van der Waals surface area (Å²) in [6.07, 6.45) is 3.82. The summed E-state index contributed by atoms with van der Waals surface area (Å²) < 4.78 is 31.3. The lowest BCUT2D eigenvalue weighted by Crippen LogP contribution is -2.32. The van der Waals surface area contributed by atoms with Gasteiger partial charge in [-0.15, -0.1) is 0 Å². The van der Waals surface area contributed by atoms with Gasteiger partial charge in [-0.1, -0.05) is 50.1 Å². The van der Waals surface area contributed by atoms with Crippen molar-refractivity contribution in [3.05, 3.63) is 65.5 Å². The van der Waals surface area contributed by atoms with Crippen LogP contribution in [-0.4, -0.2) is 44.3 Å². The number of nitrogens with zero attached hydrogens (tertiary/aromatic N) is 1. The van der Waals surface area contributed by atoms with Crippen molar-refractivity contribution in [2.75, 3.05) is 13.2 Å². The first-order valence-electron chi connectivity index (χ1n) is 9.79. The van der Waals surface area contributed by atoms with Crippen molar-refractivity contribution in [3.63, 3.8) is 0 Å². The van der Waals surface area contributed by atoms with Crippen molar-refractivity contribution in [2.24, 2.45) is 0 Å². The molecule has 31 heavy (non-hydrogen) atoms. The molecule has 10 heteroatoms. The van der Waals surface area contributed by atoms with Gasteiger partial charge in [0.05, 0.1) is 17.9 Å². The summed E-state index contributed by atoms with van der Waals surface area (Å²) >= 11 is 0. The number of rotatable bonds is 11. The first kappa shape index (κ1) is 24.0. The second kappa shape index (κ2) is 11.8. The Kier molecular flexibility index (Phi) is 9.13. The maximum absolute atomic E-state index is 12.2. The molecule has 0 aliphatic heterocycles. The quantitative estimate of drug-likeness (QED) is 0.397. The van der Waals surface area contributed by atoms with Crippen molar-refractivity contribution >= 4 is 27.8 Å². The van der Waals surface area contributed by atoms with E-state index in [2.05, 4.69) is 10.3 Å². The number of pyridine rings is 1. The summed E-state index contributed by atoms with van der Waals surface area (Å²) in [4.78, 5) is 39.7. The Morgan fingerprint density at radius 1 is 1.00 bits per heavy atom. The normalized spacial score (nSPS) is 10.9. The van der Waals surface area contributed by atoms with E-state index in [1.165, 1.54) is 12.1 Å². The highest BCUT2D eigenvalue weighted by atomic mass is 32.2. The van der Waals surface area contributed by atoms with E-state index in [0.29, 0.717) is 12.2 Å².